The molecule has 0 atom stereocenters. The molecule has 1 aliphatic heterocycles. The lowest BCUT2D eigenvalue weighted by Crippen LogP contribution is -2.37. The second kappa shape index (κ2) is 8.41. The van der Waals surface area contributed by atoms with Crippen molar-refractivity contribution in [1.29, 1.82) is 0 Å². The van der Waals surface area contributed by atoms with Crippen LogP contribution in [0.2, 0.25) is 0 Å². The third kappa shape index (κ3) is 4.52. The van der Waals surface area contributed by atoms with Crippen molar-refractivity contribution in [2.45, 2.75) is 6.42 Å². The number of ether oxygens (including phenoxy) is 3. The summed E-state index contributed by atoms with van der Waals surface area (Å²) < 4.78 is 15.8. The van der Waals surface area contributed by atoms with Crippen molar-refractivity contribution >= 4 is 11.6 Å². The Labute approximate surface area is 138 Å². The van der Waals surface area contributed by atoms with Gasteiger partial charge in [0.25, 0.3) is 11.8 Å². The summed E-state index contributed by atoms with van der Waals surface area (Å²) in [6.45, 7) is 4.37. The number of primary amides is 1. The van der Waals surface area contributed by atoms with Gasteiger partial charge < -0.3 is 19.9 Å². The summed E-state index contributed by atoms with van der Waals surface area (Å²) in [5.74, 6) is -0.907. The average molecular weight is 340 g/mol. The third-order valence-corrected chi connectivity index (χ3v) is 3.54. The molecule has 0 radical (unpaired) electrons. The van der Waals surface area contributed by atoms with Gasteiger partial charge in [0, 0.05) is 19.6 Å². The van der Waals surface area contributed by atoms with E-state index in [1.54, 1.807) is 0 Å². The summed E-state index contributed by atoms with van der Waals surface area (Å²) in [6.07, 6.45) is 0.731. The molecule has 1 aromatic heterocycles. The first-order valence-electron chi connectivity index (χ1n) is 7.49. The van der Waals surface area contributed by atoms with E-state index in [0.717, 1.165) is 45.3 Å². The first-order chi connectivity index (χ1) is 11.5. The minimum Gasteiger partial charge on any atom is -0.488 e. The van der Waals surface area contributed by atoms with Crippen molar-refractivity contribution in [3.8, 4) is 11.6 Å². The van der Waals surface area contributed by atoms with E-state index in [4.69, 9.17) is 19.9 Å². The number of rotatable bonds is 8. The highest BCUT2D eigenvalue weighted by atomic mass is 16.6. The second-order valence-electron chi connectivity index (χ2n) is 5.14. The SMILES string of the molecule is COc1nc(C(N)=O)c([N+](=O)[O-])cc1OCCCN1CCOCC1. The molecule has 0 aliphatic carbocycles. The van der Waals surface area contributed by atoms with Crippen molar-refractivity contribution in [2.75, 3.05) is 46.6 Å². The van der Waals surface area contributed by atoms with Gasteiger partial charge in [-0.15, -0.1) is 0 Å². The Morgan fingerprint density at radius 1 is 1.50 bits per heavy atom. The monoisotopic (exact) mass is 340 g/mol. The number of morpholine rings is 1. The summed E-state index contributed by atoms with van der Waals surface area (Å²) in [7, 11) is 1.33. The maximum Gasteiger partial charge on any atom is 0.304 e. The van der Waals surface area contributed by atoms with E-state index in [2.05, 4.69) is 9.88 Å². The highest BCUT2D eigenvalue weighted by molar-refractivity contribution is 5.95. The molecule has 1 aromatic rings. The van der Waals surface area contributed by atoms with Gasteiger partial charge in [-0.1, -0.05) is 0 Å². The quantitative estimate of drug-likeness (QED) is 0.403. The zero-order chi connectivity index (χ0) is 17.5. The number of carbonyl (C=O) groups excluding carboxylic acids is 1. The van der Waals surface area contributed by atoms with Crippen molar-refractivity contribution < 1.29 is 23.9 Å². The van der Waals surface area contributed by atoms with Crippen LogP contribution < -0.4 is 15.2 Å². The molecule has 0 unspecified atom stereocenters. The standard InChI is InChI=1S/C14H20N4O6/c1-22-14-11(9-10(18(20)21)12(16-14)13(15)19)24-6-2-3-17-4-7-23-8-5-17/h9H,2-8H2,1H3,(H2,15,19). The highest BCUT2D eigenvalue weighted by Crippen LogP contribution is 2.31. The molecular formula is C14H20N4O6. The summed E-state index contributed by atoms with van der Waals surface area (Å²) in [4.78, 5) is 27.7. The van der Waals surface area contributed by atoms with Gasteiger partial charge >= 0.3 is 5.69 Å². The largest absolute Gasteiger partial charge is 0.488 e. The predicted octanol–water partition coefficient (Wildman–Crippen LogP) is 0.198. The van der Waals surface area contributed by atoms with Crippen LogP contribution in [0.3, 0.4) is 0 Å². The van der Waals surface area contributed by atoms with E-state index >= 15 is 0 Å². The molecule has 0 saturated carbocycles. The summed E-state index contributed by atoms with van der Waals surface area (Å²) in [6, 6.07) is 1.11. The molecule has 2 rings (SSSR count). The first kappa shape index (κ1) is 17.9. The Kier molecular flexibility index (Phi) is 6.27. The van der Waals surface area contributed by atoms with E-state index in [-0.39, 0.29) is 11.6 Å². The number of hydrogen-bond donors (Lipinski definition) is 1. The van der Waals surface area contributed by atoms with Gasteiger partial charge in [-0.25, -0.2) is 0 Å². The average Bonchev–Trinajstić information content (AvgIpc) is 2.58. The minimum atomic E-state index is -1.00. The fourth-order valence-electron chi connectivity index (χ4n) is 2.33. The fourth-order valence-corrected chi connectivity index (χ4v) is 2.33. The van der Waals surface area contributed by atoms with Crippen LogP contribution in [-0.2, 0) is 4.74 Å². The number of methoxy groups -OCH3 is 1. The number of hydrogen-bond acceptors (Lipinski definition) is 8. The normalized spacial score (nSPS) is 15.0. The Bertz CT molecular complexity index is 603. The van der Waals surface area contributed by atoms with Gasteiger partial charge in [0.05, 0.1) is 37.9 Å². The van der Waals surface area contributed by atoms with Crippen molar-refractivity contribution in [1.82, 2.24) is 9.88 Å². The van der Waals surface area contributed by atoms with Crippen molar-refractivity contribution in [3.05, 3.63) is 21.9 Å². The highest BCUT2D eigenvalue weighted by Gasteiger charge is 2.25. The maximum absolute atomic E-state index is 11.3. The van der Waals surface area contributed by atoms with E-state index in [1.165, 1.54) is 7.11 Å². The number of nitrogens with two attached hydrogens (primary N) is 1. The van der Waals surface area contributed by atoms with Crippen LogP contribution in [0, 0.1) is 10.1 Å². The van der Waals surface area contributed by atoms with Crippen LogP contribution in [0.1, 0.15) is 16.9 Å². The van der Waals surface area contributed by atoms with Gasteiger partial charge in [-0.3, -0.25) is 19.8 Å². The van der Waals surface area contributed by atoms with E-state index < -0.39 is 22.2 Å². The summed E-state index contributed by atoms with van der Waals surface area (Å²) in [5.41, 5.74) is 4.14. The van der Waals surface area contributed by atoms with Crippen LogP contribution in [0.25, 0.3) is 0 Å². The number of pyridine rings is 1. The Morgan fingerprint density at radius 3 is 2.79 bits per heavy atom. The molecule has 0 aromatic carbocycles. The number of amides is 1. The topological polar surface area (TPSA) is 130 Å². The van der Waals surface area contributed by atoms with Gasteiger partial charge in [-0.05, 0) is 6.42 Å². The molecule has 0 bridgehead atoms. The lowest BCUT2D eigenvalue weighted by Gasteiger charge is -2.26. The number of nitrogens with zero attached hydrogens (tertiary/aromatic N) is 3. The molecule has 1 saturated heterocycles. The van der Waals surface area contributed by atoms with Crippen molar-refractivity contribution in [2.24, 2.45) is 5.73 Å². The summed E-state index contributed by atoms with van der Waals surface area (Å²) >= 11 is 0. The Morgan fingerprint density at radius 2 is 2.21 bits per heavy atom. The van der Waals surface area contributed by atoms with E-state index in [9.17, 15) is 14.9 Å². The maximum atomic E-state index is 11.3. The molecule has 1 fully saturated rings. The third-order valence-electron chi connectivity index (χ3n) is 3.54. The smallest absolute Gasteiger partial charge is 0.304 e. The number of nitro groups is 1. The van der Waals surface area contributed by atoms with E-state index in [1.807, 2.05) is 0 Å². The van der Waals surface area contributed by atoms with Crippen molar-refractivity contribution in [3.63, 3.8) is 0 Å². The molecule has 2 N–H and O–H groups in total. The molecule has 10 nitrogen and oxygen atoms in total. The number of carbonyl (C=O) groups is 1. The van der Waals surface area contributed by atoms with Crippen LogP contribution in [0.5, 0.6) is 11.6 Å². The Balaban J connectivity index is 2.01. The van der Waals surface area contributed by atoms with E-state index in [0.29, 0.717) is 6.61 Å². The molecule has 1 amide bonds. The molecule has 132 valence electrons. The molecular weight excluding hydrogens is 320 g/mol. The fraction of sp³-hybridized carbons (Fsp3) is 0.571. The predicted molar refractivity (Wildman–Crippen MR) is 83.3 cm³/mol. The second-order valence-corrected chi connectivity index (χ2v) is 5.14. The zero-order valence-electron chi connectivity index (χ0n) is 13.4. The molecule has 0 spiro atoms. The molecule has 24 heavy (non-hydrogen) atoms. The molecule has 2 heterocycles. The lowest BCUT2D eigenvalue weighted by molar-refractivity contribution is -0.385. The van der Waals surface area contributed by atoms with Gasteiger partial charge in [0.2, 0.25) is 5.69 Å². The van der Waals surface area contributed by atoms with Crippen LogP contribution in [0.15, 0.2) is 6.07 Å². The zero-order valence-corrected chi connectivity index (χ0v) is 13.4. The lowest BCUT2D eigenvalue weighted by atomic mass is 10.2. The van der Waals surface area contributed by atoms with Gasteiger partial charge in [0.1, 0.15) is 0 Å². The van der Waals surface area contributed by atoms with Crippen LogP contribution >= 0.6 is 0 Å². The van der Waals surface area contributed by atoms with Gasteiger partial charge in [0.15, 0.2) is 5.75 Å². The summed E-state index contributed by atoms with van der Waals surface area (Å²) in [5, 5.41) is 11.1. The molecule has 1 aliphatic rings. The van der Waals surface area contributed by atoms with Crippen LogP contribution in [0.4, 0.5) is 5.69 Å². The number of aromatic nitrogens is 1. The molecule has 10 heteroatoms. The van der Waals surface area contributed by atoms with Crippen LogP contribution in [-0.4, -0.2) is 67.3 Å². The van der Waals surface area contributed by atoms with Gasteiger partial charge in [-0.2, -0.15) is 4.98 Å². The minimum absolute atomic E-state index is 0.0132. The first-order valence-corrected chi connectivity index (χ1v) is 7.49. The Hall–Kier alpha value is -2.46.